The maximum absolute atomic E-state index is 13.8. The highest BCUT2D eigenvalue weighted by atomic mass is 33.1. The Morgan fingerprint density at radius 3 is 1.15 bits per heavy atom. The summed E-state index contributed by atoms with van der Waals surface area (Å²) in [6, 6.07) is 13.8. The van der Waals surface area contributed by atoms with Gasteiger partial charge in [-0.05, 0) is 21.6 Å². The van der Waals surface area contributed by atoms with E-state index in [1.165, 1.54) is 48.5 Å². The molecular formula is C14H10F4S2. The molecule has 0 amide bonds. The largest absolute Gasteiger partial charge is 0.328 e. The SMILES string of the molecule is FC(F)(SSC(F)(F)c1ccccc1)c1ccccc1. The van der Waals surface area contributed by atoms with Crippen LogP contribution >= 0.6 is 21.6 Å². The predicted octanol–water partition coefficient (Wildman–Crippen LogP) is 5.87. The van der Waals surface area contributed by atoms with Gasteiger partial charge in [-0.1, -0.05) is 60.7 Å². The molecule has 0 N–H and O–H groups in total. The second-order valence-corrected chi connectivity index (χ2v) is 6.29. The quantitative estimate of drug-likeness (QED) is 0.500. The first-order valence-electron chi connectivity index (χ1n) is 5.65. The first kappa shape index (κ1) is 15.3. The van der Waals surface area contributed by atoms with Crippen LogP contribution in [0, 0.1) is 0 Å². The molecule has 2 aromatic rings. The number of rotatable bonds is 5. The van der Waals surface area contributed by atoms with Gasteiger partial charge in [0.1, 0.15) is 0 Å². The zero-order valence-corrected chi connectivity index (χ0v) is 11.7. The highest BCUT2D eigenvalue weighted by Crippen LogP contribution is 2.55. The van der Waals surface area contributed by atoms with Crippen molar-refractivity contribution >= 4 is 21.6 Å². The average Bonchev–Trinajstić information content (AvgIpc) is 2.47. The molecule has 0 aliphatic carbocycles. The minimum absolute atomic E-state index is 0.133. The fraction of sp³-hybridized carbons (Fsp3) is 0.143. The molecule has 0 spiro atoms. The van der Waals surface area contributed by atoms with E-state index in [0.717, 1.165) is 0 Å². The van der Waals surface area contributed by atoms with E-state index in [0.29, 0.717) is 0 Å². The molecule has 0 saturated carbocycles. The van der Waals surface area contributed by atoms with Crippen LogP contribution in [0.5, 0.6) is 0 Å². The number of alkyl halides is 4. The maximum atomic E-state index is 13.8. The van der Waals surface area contributed by atoms with Crippen molar-refractivity contribution in [3.63, 3.8) is 0 Å². The third kappa shape index (κ3) is 3.70. The molecule has 0 radical (unpaired) electrons. The van der Waals surface area contributed by atoms with E-state index in [4.69, 9.17) is 0 Å². The number of halogens is 4. The second-order valence-electron chi connectivity index (χ2n) is 3.93. The molecular weight excluding hydrogens is 308 g/mol. The number of hydrogen-bond donors (Lipinski definition) is 0. The lowest BCUT2D eigenvalue weighted by molar-refractivity contribution is 0.101. The summed E-state index contributed by atoms with van der Waals surface area (Å²) >= 11 is 0. The van der Waals surface area contributed by atoms with Crippen LogP contribution in [-0.2, 0) is 10.5 Å². The van der Waals surface area contributed by atoms with Crippen LogP contribution in [0.2, 0.25) is 0 Å². The van der Waals surface area contributed by atoms with Crippen molar-refractivity contribution in [1.29, 1.82) is 0 Å². The first-order valence-corrected chi connectivity index (χ1v) is 7.80. The lowest BCUT2D eigenvalue weighted by Gasteiger charge is -2.20. The van der Waals surface area contributed by atoms with Gasteiger partial charge in [0.25, 0.3) is 0 Å². The van der Waals surface area contributed by atoms with Gasteiger partial charge in [0, 0.05) is 11.1 Å². The molecule has 0 aromatic heterocycles. The Bertz CT molecular complexity index is 492. The molecule has 0 aliphatic rings. The van der Waals surface area contributed by atoms with Gasteiger partial charge in [-0.3, -0.25) is 0 Å². The summed E-state index contributed by atoms with van der Waals surface area (Å²) in [5, 5.41) is -6.74. The van der Waals surface area contributed by atoms with Crippen molar-refractivity contribution in [1.82, 2.24) is 0 Å². The minimum atomic E-state index is -3.37. The maximum Gasteiger partial charge on any atom is 0.328 e. The van der Waals surface area contributed by atoms with Crippen LogP contribution in [0.1, 0.15) is 11.1 Å². The van der Waals surface area contributed by atoms with E-state index >= 15 is 0 Å². The molecule has 2 aromatic carbocycles. The molecule has 2 rings (SSSR count). The highest BCUT2D eigenvalue weighted by molar-refractivity contribution is 8.77. The van der Waals surface area contributed by atoms with Crippen molar-refractivity contribution in [2.45, 2.75) is 10.5 Å². The molecule has 20 heavy (non-hydrogen) atoms. The Balaban J connectivity index is 2.08. The molecule has 0 atom stereocenters. The average molecular weight is 318 g/mol. The molecule has 6 heteroatoms. The van der Waals surface area contributed by atoms with Crippen molar-refractivity contribution in [2.24, 2.45) is 0 Å². The molecule has 0 fully saturated rings. The van der Waals surface area contributed by atoms with E-state index < -0.39 is 10.5 Å². The lowest BCUT2D eigenvalue weighted by Crippen LogP contribution is -2.11. The molecule has 106 valence electrons. The van der Waals surface area contributed by atoms with E-state index in [1.807, 2.05) is 0 Å². The third-order valence-electron chi connectivity index (χ3n) is 2.47. The summed E-state index contributed by atoms with van der Waals surface area (Å²) in [4.78, 5) is 0. The molecule has 0 nitrogen and oxygen atoms in total. The molecule has 0 aliphatic heterocycles. The Morgan fingerprint density at radius 2 is 0.850 bits per heavy atom. The van der Waals surface area contributed by atoms with E-state index in [9.17, 15) is 17.6 Å². The molecule has 0 unspecified atom stereocenters. The van der Waals surface area contributed by atoms with Crippen LogP contribution in [0.3, 0.4) is 0 Å². The van der Waals surface area contributed by atoms with Crippen molar-refractivity contribution in [3.05, 3.63) is 71.8 Å². The van der Waals surface area contributed by atoms with E-state index in [2.05, 4.69) is 0 Å². The Morgan fingerprint density at radius 1 is 0.550 bits per heavy atom. The van der Waals surface area contributed by atoms with Crippen molar-refractivity contribution in [2.75, 3.05) is 0 Å². The van der Waals surface area contributed by atoms with Gasteiger partial charge in [-0.2, -0.15) is 17.6 Å². The van der Waals surface area contributed by atoms with Crippen LogP contribution in [0.4, 0.5) is 17.6 Å². The summed E-state index contributed by atoms with van der Waals surface area (Å²) in [6.07, 6.45) is 0. The van der Waals surface area contributed by atoms with Crippen LogP contribution in [0.15, 0.2) is 60.7 Å². The molecule has 0 heterocycles. The van der Waals surface area contributed by atoms with Gasteiger partial charge in [-0.15, -0.1) is 0 Å². The Labute approximate surface area is 122 Å². The topological polar surface area (TPSA) is 0 Å². The molecule has 0 bridgehead atoms. The van der Waals surface area contributed by atoms with Gasteiger partial charge < -0.3 is 0 Å². The van der Waals surface area contributed by atoms with E-state index in [1.54, 1.807) is 12.1 Å². The molecule has 0 saturated heterocycles. The van der Waals surface area contributed by atoms with Gasteiger partial charge in [0.05, 0.1) is 0 Å². The third-order valence-corrected chi connectivity index (χ3v) is 4.95. The van der Waals surface area contributed by atoms with Gasteiger partial charge in [0.2, 0.25) is 0 Å². The summed E-state index contributed by atoms with van der Waals surface area (Å²) < 4.78 is 55.2. The van der Waals surface area contributed by atoms with E-state index in [-0.39, 0.29) is 32.7 Å². The highest BCUT2D eigenvalue weighted by Gasteiger charge is 2.40. The first-order chi connectivity index (χ1) is 9.42. The fourth-order valence-electron chi connectivity index (χ4n) is 1.47. The Kier molecular flexibility index (Phi) is 4.65. The Hall–Kier alpha value is -1.14. The summed E-state index contributed by atoms with van der Waals surface area (Å²) in [5.74, 6) is 0. The minimum Gasteiger partial charge on any atom is -0.188 e. The summed E-state index contributed by atoms with van der Waals surface area (Å²) in [5.41, 5.74) is -0.581. The number of benzene rings is 2. The van der Waals surface area contributed by atoms with Crippen LogP contribution < -0.4 is 0 Å². The summed E-state index contributed by atoms with van der Waals surface area (Å²) in [7, 11) is -0.266. The van der Waals surface area contributed by atoms with Gasteiger partial charge in [0.15, 0.2) is 0 Å². The zero-order valence-electron chi connectivity index (χ0n) is 10.1. The number of hydrogen-bond acceptors (Lipinski definition) is 2. The predicted molar refractivity (Wildman–Crippen MR) is 75.9 cm³/mol. The monoisotopic (exact) mass is 318 g/mol. The fourth-order valence-corrected chi connectivity index (χ4v) is 3.34. The van der Waals surface area contributed by atoms with Crippen LogP contribution in [-0.4, -0.2) is 0 Å². The lowest BCUT2D eigenvalue weighted by atomic mass is 10.2. The van der Waals surface area contributed by atoms with Crippen LogP contribution in [0.25, 0.3) is 0 Å². The smallest absolute Gasteiger partial charge is 0.188 e. The normalized spacial score (nSPS) is 12.4. The van der Waals surface area contributed by atoms with Gasteiger partial charge >= 0.3 is 10.5 Å². The standard InChI is InChI=1S/C14H10F4S2/c15-13(16,11-7-3-1-4-8-11)19-20-14(17,18)12-9-5-2-6-10-12/h1-10H. The van der Waals surface area contributed by atoms with Gasteiger partial charge in [-0.25, -0.2) is 0 Å². The van der Waals surface area contributed by atoms with Crippen molar-refractivity contribution < 1.29 is 17.6 Å². The van der Waals surface area contributed by atoms with Crippen molar-refractivity contribution in [3.8, 4) is 0 Å². The second kappa shape index (κ2) is 6.10. The summed E-state index contributed by atoms with van der Waals surface area (Å²) in [6.45, 7) is 0. The zero-order chi connectivity index (χ0) is 14.6.